The van der Waals surface area contributed by atoms with E-state index in [1.165, 1.54) is 0 Å². The van der Waals surface area contributed by atoms with E-state index in [4.69, 9.17) is 4.74 Å². The van der Waals surface area contributed by atoms with E-state index in [1.54, 1.807) is 17.0 Å². The smallest absolute Gasteiger partial charge is 0.268 e. The number of hydrogen-bond acceptors (Lipinski definition) is 3. The number of ether oxygens (including phenoxy) is 1. The van der Waals surface area contributed by atoms with Crippen LogP contribution in [-0.2, 0) is 11.2 Å². The maximum Gasteiger partial charge on any atom is 0.268 e. The van der Waals surface area contributed by atoms with Crippen LogP contribution in [0.1, 0.15) is 35.2 Å². The van der Waals surface area contributed by atoms with E-state index >= 15 is 0 Å². The molecule has 26 heavy (non-hydrogen) atoms. The molecule has 2 aliphatic heterocycles. The van der Waals surface area contributed by atoms with Crippen molar-refractivity contribution in [3.8, 4) is 5.75 Å². The quantitative estimate of drug-likeness (QED) is 0.926. The van der Waals surface area contributed by atoms with E-state index in [2.05, 4.69) is 5.32 Å². The molecule has 1 atom stereocenters. The minimum Gasteiger partial charge on any atom is -0.481 e. The van der Waals surface area contributed by atoms with E-state index < -0.39 is 6.10 Å². The van der Waals surface area contributed by atoms with Crippen LogP contribution in [0.4, 0.5) is 5.69 Å². The van der Waals surface area contributed by atoms with Gasteiger partial charge in [0.05, 0.1) is 0 Å². The third-order valence-electron chi connectivity index (χ3n) is 4.97. The summed E-state index contributed by atoms with van der Waals surface area (Å²) in [5.41, 5.74) is 2.60. The number of hydrogen-bond donors (Lipinski definition) is 1. The second-order valence-electron chi connectivity index (χ2n) is 6.75. The maximum atomic E-state index is 12.9. The van der Waals surface area contributed by atoms with E-state index in [-0.39, 0.29) is 11.8 Å². The third-order valence-corrected chi connectivity index (χ3v) is 4.97. The zero-order valence-corrected chi connectivity index (χ0v) is 14.6. The van der Waals surface area contributed by atoms with Gasteiger partial charge < -0.3 is 15.0 Å². The van der Waals surface area contributed by atoms with Gasteiger partial charge in [-0.05, 0) is 61.6 Å². The average molecular weight is 350 g/mol. The standard InChI is InChI=1S/C21H22N2O3/c24-20-18-11-10-17(14-15(18)6-4-12-22-20)26-19-9-5-13-23(21(19)25)16-7-2-1-3-8-16/h1-3,7-8,10-11,14,19H,4-6,9,12-13H2,(H,22,24). The molecule has 134 valence electrons. The molecule has 2 aliphatic rings. The fraction of sp³-hybridized carbons (Fsp3) is 0.333. The van der Waals surface area contributed by atoms with Crippen LogP contribution in [0.5, 0.6) is 5.75 Å². The molecule has 2 amide bonds. The van der Waals surface area contributed by atoms with Gasteiger partial charge in [0.25, 0.3) is 11.8 Å². The molecule has 0 aliphatic carbocycles. The predicted molar refractivity (Wildman–Crippen MR) is 99.5 cm³/mol. The Morgan fingerprint density at radius 2 is 1.88 bits per heavy atom. The Balaban J connectivity index is 1.53. The third kappa shape index (κ3) is 3.29. The molecule has 0 radical (unpaired) electrons. The number of piperidine rings is 1. The monoisotopic (exact) mass is 350 g/mol. The summed E-state index contributed by atoms with van der Waals surface area (Å²) in [6.07, 6.45) is 2.87. The normalized spacial score (nSPS) is 20.2. The molecule has 1 N–H and O–H groups in total. The van der Waals surface area contributed by atoms with Crippen LogP contribution >= 0.6 is 0 Å². The summed E-state index contributed by atoms with van der Waals surface area (Å²) in [7, 11) is 0. The first-order valence-corrected chi connectivity index (χ1v) is 9.16. The van der Waals surface area contributed by atoms with Gasteiger partial charge in [-0.25, -0.2) is 0 Å². The highest BCUT2D eigenvalue weighted by atomic mass is 16.5. The van der Waals surface area contributed by atoms with Gasteiger partial charge in [-0.2, -0.15) is 0 Å². The second-order valence-corrected chi connectivity index (χ2v) is 6.75. The van der Waals surface area contributed by atoms with Crippen molar-refractivity contribution in [1.29, 1.82) is 0 Å². The topological polar surface area (TPSA) is 58.6 Å². The highest BCUT2D eigenvalue weighted by Crippen LogP contribution is 2.26. The molecule has 5 nitrogen and oxygen atoms in total. The van der Waals surface area contributed by atoms with E-state index in [1.807, 2.05) is 36.4 Å². The maximum absolute atomic E-state index is 12.9. The minimum absolute atomic E-state index is 0.00450. The fourth-order valence-corrected chi connectivity index (χ4v) is 3.63. The van der Waals surface area contributed by atoms with Gasteiger partial charge in [0.2, 0.25) is 0 Å². The minimum atomic E-state index is -0.485. The molecule has 2 aromatic rings. The molecule has 2 aromatic carbocycles. The number of amides is 2. The van der Waals surface area contributed by atoms with Crippen molar-refractivity contribution in [2.24, 2.45) is 0 Å². The summed E-state index contributed by atoms with van der Waals surface area (Å²) in [5.74, 6) is 0.620. The summed E-state index contributed by atoms with van der Waals surface area (Å²) < 4.78 is 6.04. The molecule has 1 unspecified atom stereocenters. The van der Waals surface area contributed by atoms with Crippen molar-refractivity contribution in [2.45, 2.75) is 31.8 Å². The number of benzene rings is 2. The fourth-order valence-electron chi connectivity index (χ4n) is 3.63. The number of aryl methyl sites for hydroxylation is 1. The summed E-state index contributed by atoms with van der Waals surface area (Å²) in [6, 6.07) is 15.2. The molecule has 0 aromatic heterocycles. The number of nitrogens with zero attached hydrogens (tertiary/aromatic N) is 1. The Morgan fingerprint density at radius 1 is 1.04 bits per heavy atom. The number of carbonyl (C=O) groups is 2. The number of para-hydroxylation sites is 1. The van der Waals surface area contributed by atoms with Crippen LogP contribution in [0, 0.1) is 0 Å². The van der Waals surface area contributed by atoms with Crippen molar-refractivity contribution >= 4 is 17.5 Å². The van der Waals surface area contributed by atoms with Crippen molar-refractivity contribution < 1.29 is 14.3 Å². The first-order valence-electron chi connectivity index (χ1n) is 9.16. The zero-order chi connectivity index (χ0) is 17.9. The molecular weight excluding hydrogens is 328 g/mol. The Hall–Kier alpha value is -2.82. The van der Waals surface area contributed by atoms with Gasteiger partial charge in [-0.1, -0.05) is 18.2 Å². The van der Waals surface area contributed by atoms with Crippen LogP contribution in [-0.4, -0.2) is 31.0 Å². The molecule has 0 saturated carbocycles. The van der Waals surface area contributed by atoms with Crippen LogP contribution < -0.4 is 15.0 Å². The summed E-state index contributed by atoms with van der Waals surface area (Å²) in [6.45, 7) is 1.41. The molecule has 1 saturated heterocycles. The zero-order valence-electron chi connectivity index (χ0n) is 14.6. The number of carbonyl (C=O) groups excluding carboxylic acids is 2. The predicted octanol–water partition coefficient (Wildman–Crippen LogP) is 2.94. The van der Waals surface area contributed by atoms with Crippen molar-refractivity contribution in [1.82, 2.24) is 5.32 Å². The van der Waals surface area contributed by atoms with Gasteiger partial charge in [0.15, 0.2) is 6.10 Å². The Morgan fingerprint density at radius 3 is 2.73 bits per heavy atom. The van der Waals surface area contributed by atoms with Crippen molar-refractivity contribution in [3.05, 3.63) is 59.7 Å². The molecule has 0 spiro atoms. The number of nitrogens with one attached hydrogen (secondary N) is 1. The summed E-state index contributed by atoms with van der Waals surface area (Å²) in [4.78, 5) is 26.7. The SMILES string of the molecule is O=C1NCCCc2cc(OC3CCCN(c4ccccc4)C3=O)ccc21. The van der Waals surface area contributed by atoms with Crippen LogP contribution in [0.25, 0.3) is 0 Å². The number of fused-ring (bicyclic) bond motifs is 1. The molecule has 0 bridgehead atoms. The number of anilines is 1. The van der Waals surface area contributed by atoms with E-state index in [0.29, 0.717) is 30.8 Å². The van der Waals surface area contributed by atoms with Crippen molar-refractivity contribution in [3.63, 3.8) is 0 Å². The Kier molecular flexibility index (Phi) is 4.61. The first-order chi connectivity index (χ1) is 12.7. The highest BCUT2D eigenvalue weighted by Gasteiger charge is 2.31. The average Bonchev–Trinajstić information content (AvgIpc) is 2.85. The van der Waals surface area contributed by atoms with E-state index in [9.17, 15) is 9.59 Å². The molecule has 4 rings (SSSR count). The van der Waals surface area contributed by atoms with Gasteiger partial charge in [-0.15, -0.1) is 0 Å². The molecule has 2 heterocycles. The van der Waals surface area contributed by atoms with Crippen molar-refractivity contribution in [2.75, 3.05) is 18.0 Å². The second kappa shape index (κ2) is 7.20. The van der Waals surface area contributed by atoms with Gasteiger partial charge in [0.1, 0.15) is 5.75 Å². The molecule has 1 fully saturated rings. The molecular formula is C21H22N2O3. The van der Waals surface area contributed by atoms with Gasteiger partial charge >= 0.3 is 0 Å². The van der Waals surface area contributed by atoms with E-state index in [0.717, 1.165) is 30.5 Å². The lowest BCUT2D eigenvalue weighted by Crippen LogP contribution is -2.46. The molecule has 5 heteroatoms. The Bertz CT molecular complexity index is 819. The van der Waals surface area contributed by atoms with Crippen LogP contribution in [0.3, 0.4) is 0 Å². The lowest BCUT2D eigenvalue weighted by molar-refractivity contribution is -0.126. The largest absolute Gasteiger partial charge is 0.481 e. The lowest BCUT2D eigenvalue weighted by Gasteiger charge is -2.32. The van der Waals surface area contributed by atoms with Gasteiger partial charge in [0, 0.05) is 24.3 Å². The Labute approximate surface area is 153 Å². The number of rotatable bonds is 3. The van der Waals surface area contributed by atoms with Crippen LogP contribution in [0.15, 0.2) is 48.5 Å². The van der Waals surface area contributed by atoms with Crippen LogP contribution in [0.2, 0.25) is 0 Å². The van der Waals surface area contributed by atoms with Gasteiger partial charge in [-0.3, -0.25) is 9.59 Å². The summed E-state index contributed by atoms with van der Waals surface area (Å²) in [5, 5.41) is 2.89. The lowest BCUT2D eigenvalue weighted by atomic mass is 10.0. The highest BCUT2D eigenvalue weighted by molar-refractivity contribution is 5.98. The summed E-state index contributed by atoms with van der Waals surface area (Å²) >= 11 is 0. The first kappa shape index (κ1) is 16.6.